The predicted octanol–water partition coefficient (Wildman–Crippen LogP) is 3.44. The SMILES string of the molecule is NCc1ccc(F)c(CN2CCCC3CCCCC32)c1. The lowest BCUT2D eigenvalue weighted by molar-refractivity contribution is 0.0538. The molecule has 1 saturated carbocycles. The Labute approximate surface area is 121 Å². The summed E-state index contributed by atoms with van der Waals surface area (Å²) in [5.41, 5.74) is 7.52. The van der Waals surface area contributed by atoms with Crippen LogP contribution in [0.4, 0.5) is 4.39 Å². The Bertz CT molecular complexity index is 458. The van der Waals surface area contributed by atoms with E-state index in [1.54, 1.807) is 12.1 Å². The van der Waals surface area contributed by atoms with Crippen molar-refractivity contribution in [2.75, 3.05) is 6.54 Å². The van der Waals surface area contributed by atoms with Gasteiger partial charge in [0.25, 0.3) is 0 Å². The molecule has 0 radical (unpaired) electrons. The average Bonchev–Trinajstić information content (AvgIpc) is 2.50. The van der Waals surface area contributed by atoms with Crippen molar-refractivity contribution in [3.63, 3.8) is 0 Å². The van der Waals surface area contributed by atoms with E-state index in [1.807, 2.05) is 6.07 Å². The lowest BCUT2D eigenvalue weighted by Gasteiger charge is -2.44. The molecule has 2 fully saturated rings. The van der Waals surface area contributed by atoms with Gasteiger partial charge in [-0.05, 0) is 49.8 Å². The van der Waals surface area contributed by atoms with Crippen LogP contribution in [0.3, 0.4) is 0 Å². The van der Waals surface area contributed by atoms with Crippen LogP contribution in [-0.2, 0) is 13.1 Å². The Morgan fingerprint density at radius 2 is 1.95 bits per heavy atom. The zero-order valence-electron chi connectivity index (χ0n) is 12.2. The monoisotopic (exact) mass is 276 g/mol. The number of benzene rings is 1. The summed E-state index contributed by atoms with van der Waals surface area (Å²) in [5.74, 6) is 0.762. The number of likely N-dealkylation sites (tertiary alicyclic amines) is 1. The van der Waals surface area contributed by atoms with Crippen LogP contribution in [0.15, 0.2) is 18.2 Å². The Kier molecular flexibility index (Phi) is 4.37. The molecule has 0 amide bonds. The first kappa shape index (κ1) is 14.0. The van der Waals surface area contributed by atoms with Crippen molar-refractivity contribution in [3.8, 4) is 0 Å². The normalized spacial score (nSPS) is 27.3. The molecule has 1 saturated heterocycles. The summed E-state index contributed by atoms with van der Waals surface area (Å²) in [4.78, 5) is 2.52. The highest BCUT2D eigenvalue weighted by Crippen LogP contribution is 2.36. The predicted molar refractivity (Wildman–Crippen MR) is 79.7 cm³/mol. The van der Waals surface area contributed by atoms with Crippen LogP contribution >= 0.6 is 0 Å². The van der Waals surface area contributed by atoms with E-state index in [2.05, 4.69) is 4.90 Å². The Balaban J connectivity index is 1.75. The second-order valence-corrected chi connectivity index (χ2v) is 6.35. The maximum Gasteiger partial charge on any atom is 0.127 e. The minimum atomic E-state index is -0.0832. The quantitative estimate of drug-likeness (QED) is 0.916. The van der Waals surface area contributed by atoms with Gasteiger partial charge in [-0.15, -0.1) is 0 Å². The van der Waals surface area contributed by atoms with Crippen molar-refractivity contribution >= 4 is 0 Å². The van der Waals surface area contributed by atoms with Gasteiger partial charge in [-0.1, -0.05) is 25.0 Å². The van der Waals surface area contributed by atoms with E-state index >= 15 is 0 Å². The minimum absolute atomic E-state index is 0.0832. The Morgan fingerprint density at radius 1 is 1.15 bits per heavy atom. The highest BCUT2D eigenvalue weighted by Gasteiger charge is 2.33. The minimum Gasteiger partial charge on any atom is -0.326 e. The highest BCUT2D eigenvalue weighted by molar-refractivity contribution is 5.25. The molecule has 2 atom stereocenters. The molecule has 2 N–H and O–H groups in total. The summed E-state index contributed by atoms with van der Waals surface area (Å²) < 4.78 is 14.0. The molecule has 1 aromatic carbocycles. The van der Waals surface area contributed by atoms with Crippen LogP contribution in [-0.4, -0.2) is 17.5 Å². The first-order valence-electron chi connectivity index (χ1n) is 7.99. The fraction of sp³-hybridized carbons (Fsp3) is 0.647. The van der Waals surface area contributed by atoms with E-state index in [0.29, 0.717) is 12.6 Å². The van der Waals surface area contributed by atoms with Crippen LogP contribution < -0.4 is 5.73 Å². The molecule has 2 nitrogen and oxygen atoms in total. The van der Waals surface area contributed by atoms with Gasteiger partial charge in [0.05, 0.1) is 0 Å². The van der Waals surface area contributed by atoms with Crippen molar-refractivity contribution < 1.29 is 4.39 Å². The van der Waals surface area contributed by atoms with E-state index < -0.39 is 0 Å². The van der Waals surface area contributed by atoms with Gasteiger partial charge in [0.2, 0.25) is 0 Å². The fourth-order valence-corrected chi connectivity index (χ4v) is 4.02. The third kappa shape index (κ3) is 2.89. The number of halogens is 1. The van der Waals surface area contributed by atoms with Gasteiger partial charge in [0.1, 0.15) is 5.82 Å². The Morgan fingerprint density at radius 3 is 2.80 bits per heavy atom. The molecule has 1 aliphatic carbocycles. The van der Waals surface area contributed by atoms with E-state index in [-0.39, 0.29) is 5.82 Å². The first-order chi connectivity index (χ1) is 9.78. The molecular weight excluding hydrogens is 251 g/mol. The molecule has 0 spiro atoms. The third-order valence-electron chi connectivity index (χ3n) is 5.08. The summed E-state index contributed by atoms with van der Waals surface area (Å²) in [5, 5.41) is 0. The van der Waals surface area contributed by atoms with E-state index in [9.17, 15) is 4.39 Å². The second kappa shape index (κ2) is 6.23. The van der Waals surface area contributed by atoms with Crippen molar-refractivity contribution in [3.05, 3.63) is 35.1 Å². The van der Waals surface area contributed by atoms with Crippen LogP contribution in [0.1, 0.15) is 49.7 Å². The number of fused-ring (bicyclic) bond motifs is 1. The van der Waals surface area contributed by atoms with E-state index in [4.69, 9.17) is 5.73 Å². The zero-order valence-corrected chi connectivity index (χ0v) is 12.2. The lowest BCUT2D eigenvalue weighted by atomic mass is 9.78. The van der Waals surface area contributed by atoms with Crippen molar-refractivity contribution in [1.29, 1.82) is 0 Å². The molecule has 20 heavy (non-hydrogen) atoms. The van der Waals surface area contributed by atoms with Crippen molar-refractivity contribution in [2.45, 2.75) is 57.7 Å². The molecule has 0 bridgehead atoms. The van der Waals surface area contributed by atoms with Gasteiger partial charge in [-0.25, -0.2) is 4.39 Å². The van der Waals surface area contributed by atoms with Crippen LogP contribution in [0.25, 0.3) is 0 Å². The standard InChI is InChI=1S/C17H25FN2/c18-16-8-7-13(11-19)10-15(16)12-20-9-3-5-14-4-1-2-6-17(14)20/h7-8,10,14,17H,1-6,9,11-12,19H2. The largest absolute Gasteiger partial charge is 0.326 e. The van der Waals surface area contributed by atoms with E-state index in [1.165, 1.54) is 38.5 Å². The summed E-state index contributed by atoms with van der Waals surface area (Å²) >= 11 is 0. The smallest absolute Gasteiger partial charge is 0.127 e. The van der Waals surface area contributed by atoms with Crippen molar-refractivity contribution in [1.82, 2.24) is 4.90 Å². The number of rotatable bonds is 3. The second-order valence-electron chi connectivity index (χ2n) is 6.35. The summed E-state index contributed by atoms with van der Waals surface area (Å²) in [6.07, 6.45) is 8.01. The summed E-state index contributed by atoms with van der Waals surface area (Å²) in [7, 11) is 0. The molecule has 3 rings (SSSR count). The molecular formula is C17H25FN2. The average molecular weight is 276 g/mol. The molecule has 110 valence electrons. The number of nitrogens with zero attached hydrogens (tertiary/aromatic N) is 1. The van der Waals surface area contributed by atoms with E-state index in [0.717, 1.165) is 30.1 Å². The maximum absolute atomic E-state index is 14.0. The van der Waals surface area contributed by atoms with Crippen LogP contribution in [0.2, 0.25) is 0 Å². The molecule has 2 unspecified atom stereocenters. The van der Waals surface area contributed by atoms with Crippen LogP contribution in [0.5, 0.6) is 0 Å². The Hall–Kier alpha value is -0.930. The molecule has 1 aliphatic heterocycles. The number of nitrogens with two attached hydrogens (primary N) is 1. The van der Waals surface area contributed by atoms with Crippen LogP contribution in [0, 0.1) is 11.7 Å². The lowest BCUT2D eigenvalue weighted by Crippen LogP contribution is -2.46. The topological polar surface area (TPSA) is 29.3 Å². The summed E-state index contributed by atoms with van der Waals surface area (Å²) in [6, 6.07) is 5.98. The third-order valence-corrected chi connectivity index (χ3v) is 5.08. The van der Waals surface area contributed by atoms with Crippen molar-refractivity contribution in [2.24, 2.45) is 11.7 Å². The zero-order chi connectivity index (χ0) is 13.9. The van der Waals surface area contributed by atoms with Gasteiger partial charge in [0.15, 0.2) is 0 Å². The van der Waals surface area contributed by atoms with Gasteiger partial charge < -0.3 is 5.73 Å². The molecule has 3 heteroatoms. The molecule has 1 aromatic rings. The van der Waals surface area contributed by atoms with Gasteiger partial charge in [-0.3, -0.25) is 4.90 Å². The number of piperidine rings is 1. The molecule has 2 aliphatic rings. The summed E-state index contributed by atoms with van der Waals surface area (Å²) in [6.45, 7) is 2.35. The number of hydrogen-bond donors (Lipinski definition) is 1. The highest BCUT2D eigenvalue weighted by atomic mass is 19.1. The number of hydrogen-bond acceptors (Lipinski definition) is 2. The van der Waals surface area contributed by atoms with Gasteiger partial charge >= 0.3 is 0 Å². The van der Waals surface area contributed by atoms with Gasteiger partial charge in [0, 0.05) is 24.7 Å². The molecule has 0 aromatic heterocycles. The van der Waals surface area contributed by atoms with Gasteiger partial charge in [-0.2, -0.15) is 0 Å². The molecule has 1 heterocycles. The maximum atomic E-state index is 14.0. The first-order valence-corrected chi connectivity index (χ1v) is 7.99. The fourth-order valence-electron chi connectivity index (χ4n) is 4.02.